The van der Waals surface area contributed by atoms with Crippen LogP contribution in [0.1, 0.15) is 18.1 Å². The molecule has 1 atom stereocenters. The van der Waals surface area contributed by atoms with Crippen LogP contribution in [-0.4, -0.2) is 39.4 Å². The Labute approximate surface area is 130 Å². The molecule has 0 saturated carbocycles. The van der Waals surface area contributed by atoms with Crippen LogP contribution in [0.3, 0.4) is 0 Å². The standard InChI is InChI=1S/C12H15Cl2F3N4/c1-20(6-9(14)4-13)7-11-19-18-10-3-2-8(5-21(10)11)12(15,16)17/h4,8H,2-3,5-7H2,1H3. The normalized spacial score (nSPS) is 20.0. The predicted octanol–water partition coefficient (Wildman–Crippen LogP) is 3.15. The highest BCUT2D eigenvalue weighted by molar-refractivity contribution is 6.36. The molecule has 0 fully saturated rings. The number of halogens is 5. The first-order valence-corrected chi connectivity index (χ1v) is 7.23. The maximum Gasteiger partial charge on any atom is 0.393 e. The number of rotatable bonds is 4. The lowest BCUT2D eigenvalue weighted by molar-refractivity contribution is -0.182. The Morgan fingerprint density at radius 1 is 1.48 bits per heavy atom. The molecule has 1 aromatic rings. The summed E-state index contributed by atoms with van der Waals surface area (Å²) in [6.07, 6.45) is -3.82. The van der Waals surface area contributed by atoms with Gasteiger partial charge in [-0.15, -0.1) is 10.2 Å². The van der Waals surface area contributed by atoms with E-state index in [4.69, 9.17) is 23.2 Å². The molecule has 2 heterocycles. The first-order chi connectivity index (χ1) is 9.81. The minimum absolute atomic E-state index is 0.0677. The first-order valence-electron chi connectivity index (χ1n) is 6.42. The van der Waals surface area contributed by atoms with E-state index in [1.165, 1.54) is 5.54 Å². The van der Waals surface area contributed by atoms with E-state index in [1.807, 2.05) is 4.90 Å². The monoisotopic (exact) mass is 342 g/mol. The third-order valence-electron chi connectivity index (χ3n) is 3.44. The van der Waals surface area contributed by atoms with Crippen molar-refractivity contribution in [2.75, 3.05) is 13.6 Å². The molecule has 1 aliphatic rings. The van der Waals surface area contributed by atoms with Gasteiger partial charge in [0, 0.05) is 30.1 Å². The van der Waals surface area contributed by atoms with Crippen molar-refractivity contribution in [1.29, 1.82) is 0 Å². The van der Waals surface area contributed by atoms with E-state index in [9.17, 15) is 13.2 Å². The molecule has 0 N–H and O–H groups in total. The van der Waals surface area contributed by atoms with E-state index in [-0.39, 0.29) is 13.0 Å². The number of hydrogen-bond donors (Lipinski definition) is 0. The van der Waals surface area contributed by atoms with Gasteiger partial charge in [0.25, 0.3) is 0 Å². The Balaban J connectivity index is 2.09. The highest BCUT2D eigenvalue weighted by atomic mass is 35.5. The average Bonchev–Trinajstić information content (AvgIpc) is 2.80. The summed E-state index contributed by atoms with van der Waals surface area (Å²) in [5.74, 6) is -0.213. The number of hydrogen-bond acceptors (Lipinski definition) is 3. The molecule has 118 valence electrons. The fraction of sp³-hybridized carbons (Fsp3) is 0.667. The molecule has 0 aliphatic carbocycles. The van der Waals surface area contributed by atoms with Crippen molar-refractivity contribution >= 4 is 23.2 Å². The Kier molecular flexibility index (Phi) is 5.16. The summed E-state index contributed by atoms with van der Waals surface area (Å²) < 4.78 is 40.1. The third-order valence-corrected chi connectivity index (χ3v) is 4.04. The highest BCUT2D eigenvalue weighted by Gasteiger charge is 2.42. The van der Waals surface area contributed by atoms with Gasteiger partial charge in [0.05, 0.1) is 12.5 Å². The summed E-state index contributed by atoms with van der Waals surface area (Å²) in [5.41, 5.74) is 1.26. The van der Waals surface area contributed by atoms with Crippen LogP contribution in [0.5, 0.6) is 0 Å². The number of aromatic nitrogens is 3. The highest BCUT2D eigenvalue weighted by Crippen LogP contribution is 2.34. The molecule has 1 aromatic heterocycles. The van der Waals surface area contributed by atoms with Gasteiger partial charge in [-0.2, -0.15) is 13.2 Å². The van der Waals surface area contributed by atoms with Gasteiger partial charge in [0.15, 0.2) is 0 Å². The lowest BCUT2D eigenvalue weighted by Crippen LogP contribution is -2.33. The fourth-order valence-corrected chi connectivity index (χ4v) is 2.63. The van der Waals surface area contributed by atoms with E-state index in [1.54, 1.807) is 11.6 Å². The molecule has 21 heavy (non-hydrogen) atoms. The summed E-state index contributed by atoms with van der Waals surface area (Å²) in [5, 5.41) is 8.42. The van der Waals surface area contributed by atoms with Crippen molar-refractivity contribution in [1.82, 2.24) is 19.7 Å². The molecule has 1 aliphatic heterocycles. The molecule has 0 saturated heterocycles. The van der Waals surface area contributed by atoms with E-state index in [2.05, 4.69) is 10.2 Å². The smallest absolute Gasteiger partial charge is 0.313 e. The lowest BCUT2D eigenvalue weighted by Gasteiger charge is -2.26. The van der Waals surface area contributed by atoms with Gasteiger partial charge in [-0.05, 0) is 13.5 Å². The number of likely N-dealkylation sites (N-methyl/N-ethyl adjacent to an activating group) is 1. The fourth-order valence-electron chi connectivity index (χ4n) is 2.36. The zero-order valence-electron chi connectivity index (χ0n) is 11.4. The van der Waals surface area contributed by atoms with Crippen LogP contribution in [0.2, 0.25) is 0 Å². The van der Waals surface area contributed by atoms with E-state index in [0.717, 1.165) is 0 Å². The lowest BCUT2D eigenvalue weighted by atomic mass is 9.99. The van der Waals surface area contributed by atoms with Gasteiger partial charge < -0.3 is 4.57 Å². The molecule has 0 amide bonds. The van der Waals surface area contributed by atoms with Crippen molar-refractivity contribution < 1.29 is 13.2 Å². The van der Waals surface area contributed by atoms with Crippen LogP contribution in [-0.2, 0) is 19.5 Å². The quantitative estimate of drug-likeness (QED) is 0.842. The maximum absolute atomic E-state index is 12.8. The molecule has 0 aromatic carbocycles. The van der Waals surface area contributed by atoms with Crippen molar-refractivity contribution in [3.8, 4) is 0 Å². The number of aryl methyl sites for hydroxylation is 1. The topological polar surface area (TPSA) is 34.0 Å². The van der Waals surface area contributed by atoms with E-state index in [0.29, 0.717) is 36.2 Å². The van der Waals surface area contributed by atoms with Gasteiger partial charge >= 0.3 is 6.18 Å². The summed E-state index contributed by atoms with van der Waals surface area (Å²) in [6.45, 7) is 0.641. The predicted molar refractivity (Wildman–Crippen MR) is 74.0 cm³/mol. The molecular formula is C12H15Cl2F3N4. The second-order valence-electron chi connectivity index (χ2n) is 5.15. The van der Waals surface area contributed by atoms with Crippen LogP contribution in [0.4, 0.5) is 13.2 Å². The molecule has 0 spiro atoms. The average molecular weight is 343 g/mol. The van der Waals surface area contributed by atoms with Gasteiger partial charge in [-0.1, -0.05) is 23.2 Å². The van der Waals surface area contributed by atoms with Gasteiger partial charge in [-0.3, -0.25) is 4.90 Å². The van der Waals surface area contributed by atoms with Gasteiger partial charge in [0.1, 0.15) is 11.6 Å². The molecule has 4 nitrogen and oxygen atoms in total. The summed E-state index contributed by atoms with van der Waals surface area (Å²) in [4.78, 5) is 1.82. The van der Waals surface area contributed by atoms with Crippen LogP contribution >= 0.6 is 23.2 Å². The number of alkyl halides is 3. The van der Waals surface area contributed by atoms with Crippen molar-refractivity contribution in [3.05, 3.63) is 22.2 Å². The minimum atomic E-state index is -4.18. The Morgan fingerprint density at radius 2 is 2.19 bits per heavy atom. The number of fused-ring (bicyclic) bond motifs is 1. The molecule has 0 radical (unpaired) electrons. The third kappa shape index (κ3) is 4.11. The van der Waals surface area contributed by atoms with Crippen LogP contribution in [0, 0.1) is 5.92 Å². The first kappa shape index (κ1) is 16.6. The van der Waals surface area contributed by atoms with Gasteiger partial charge in [0.2, 0.25) is 0 Å². The summed E-state index contributed by atoms with van der Waals surface area (Å²) >= 11 is 11.3. The van der Waals surface area contributed by atoms with Crippen molar-refractivity contribution in [2.24, 2.45) is 5.92 Å². The second-order valence-corrected chi connectivity index (χ2v) is 5.85. The van der Waals surface area contributed by atoms with E-state index >= 15 is 0 Å². The number of nitrogens with zero attached hydrogens (tertiary/aromatic N) is 4. The van der Waals surface area contributed by atoms with Crippen LogP contribution < -0.4 is 0 Å². The van der Waals surface area contributed by atoms with E-state index < -0.39 is 12.1 Å². The molecule has 0 bridgehead atoms. The molecule has 2 rings (SSSR count). The minimum Gasteiger partial charge on any atom is -0.313 e. The molecular weight excluding hydrogens is 328 g/mol. The Bertz CT molecular complexity index is 527. The zero-order valence-corrected chi connectivity index (χ0v) is 12.9. The Morgan fingerprint density at radius 3 is 2.81 bits per heavy atom. The summed E-state index contributed by atoms with van der Waals surface area (Å²) in [7, 11) is 1.79. The van der Waals surface area contributed by atoms with Crippen molar-refractivity contribution in [3.63, 3.8) is 0 Å². The van der Waals surface area contributed by atoms with Crippen LogP contribution in [0.25, 0.3) is 0 Å². The molecule has 9 heteroatoms. The largest absolute Gasteiger partial charge is 0.393 e. The maximum atomic E-state index is 12.8. The van der Waals surface area contributed by atoms with Crippen LogP contribution in [0.15, 0.2) is 10.6 Å². The Hall–Kier alpha value is -0.790. The van der Waals surface area contributed by atoms with Gasteiger partial charge in [-0.25, -0.2) is 0 Å². The SMILES string of the molecule is CN(CC(Cl)=CCl)Cc1nnc2n1CC(C(F)(F)F)CC2. The zero-order chi connectivity index (χ0) is 15.6. The van der Waals surface area contributed by atoms with Crippen molar-refractivity contribution in [2.45, 2.75) is 32.1 Å². The summed E-state index contributed by atoms with van der Waals surface area (Å²) in [6, 6.07) is 0. The molecule has 1 unspecified atom stereocenters. The second kappa shape index (κ2) is 6.54.